The molecule has 0 saturated carbocycles. The largest absolute Gasteiger partial charge is 0.452 e. The van der Waals surface area contributed by atoms with E-state index in [0.29, 0.717) is 39.9 Å². The number of hydrogen-bond acceptors (Lipinski definition) is 3. The number of nitrogens with one attached hydrogen (secondary N) is 1. The molecule has 0 aliphatic carbocycles. The molecule has 0 radical (unpaired) electrons. The molecular weight excluding hydrogens is 460 g/mol. The highest BCUT2D eigenvalue weighted by Gasteiger charge is 2.26. The Morgan fingerprint density at radius 2 is 1.91 bits per heavy atom. The van der Waals surface area contributed by atoms with Gasteiger partial charge in [-0.2, -0.15) is 5.10 Å². The maximum atomic E-state index is 14.7. The second kappa shape index (κ2) is 10.1. The van der Waals surface area contributed by atoms with E-state index in [2.05, 4.69) is 31.2 Å². The van der Waals surface area contributed by atoms with Crippen molar-refractivity contribution >= 4 is 39.6 Å². The Balaban J connectivity index is 1.67. The molecule has 5 nitrogen and oxygen atoms in total. The molecule has 1 amide bonds. The fourth-order valence-corrected chi connectivity index (χ4v) is 4.43. The molecule has 180 valence electrons. The van der Waals surface area contributed by atoms with Gasteiger partial charge in [0.2, 0.25) is 0 Å². The molecule has 0 aliphatic rings. The fourth-order valence-electron chi connectivity index (χ4n) is 4.27. The average Bonchev–Trinajstić information content (AvgIpc) is 3.35. The zero-order valence-corrected chi connectivity index (χ0v) is 20.3. The molecule has 0 fully saturated rings. The van der Waals surface area contributed by atoms with Crippen LogP contribution < -0.4 is 5.32 Å². The summed E-state index contributed by atoms with van der Waals surface area (Å²) in [5.74, 6) is -0.915. The number of nitrogens with zero attached hydrogens (tertiary/aromatic N) is 2. The van der Waals surface area contributed by atoms with Crippen LogP contribution in [-0.4, -0.2) is 22.2 Å². The summed E-state index contributed by atoms with van der Waals surface area (Å²) < 4.78 is 35.4. The highest BCUT2D eigenvalue weighted by molar-refractivity contribution is 6.31. The van der Waals surface area contributed by atoms with Gasteiger partial charge in [0.15, 0.2) is 17.1 Å². The van der Waals surface area contributed by atoms with Crippen LogP contribution in [0.4, 0.5) is 8.78 Å². The molecular formula is C26H28ClF2N3O2. The fraction of sp³-hybridized carbons (Fsp3) is 0.385. The third-order valence-electron chi connectivity index (χ3n) is 6.44. The van der Waals surface area contributed by atoms with Crippen molar-refractivity contribution in [1.82, 2.24) is 15.1 Å². The molecule has 0 spiro atoms. The molecule has 1 atom stereocenters. The minimum absolute atomic E-state index is 0.0154. The first-order valence-electron chi connectivity index (χ1n) is 11.7. The first-order valence-corrected chi connectivity index (χ1v) is 12.0. The number of fused-ring (bicyclic) bond motifs is 3. The van der Waals surface area contributed by atoms with Gasteiger partial charge in [-0.1, -0.05) is 51.6 Å². The van der Waals surface area contributed by atoms with E-state index in [4.69, 9.17) is 16.0 Å². The van der Waals surface area contributed by atoms with E-state index < -0.39 is 17.5 Å². The predicted molar refractivity (Wildman–Crippen MR) is 131 cm³/mol. The number of amides is 1. The Kier molecular flexibility index (Phi) is 7.22. The summed E-state index contributed by atoms with van der Waals surface area (Å²) in [5, 5.41) is 8.40. The van der Waals surface area contributed by atoms with Crippen LogP contribution in [-0.2, 0) is 0 Å². The Morgan fingerprint density at radius 3 is 2.62 bits per heavy atom. The summed E-state index contributed by atoms with van der Waals surface area (Å²) >= 11 is 6.11. The van der Waals surface area contributed by atoms with Crippen LogP contribution in [0.5, 0.6) is 0 Å². The number of benzene rings is 2. The van der Waals surface area contributed by atoms with Gasteiger partial charge in [0.05, 0.1) is 0 Å². The third kappa shape index (κ3) is 4.80. The van der Waals surface area contributed by atoms with E-state index in [1.807, 2.05) is 0 Å². The smallest absolute Gasteiger partial charge is 0.275 e. The van der Waals surface area contributed by atoms with E-state index in [9.17, 15) is 13.6 Å². The SMILES string of the molecule is CCC(CC)CCC(C)CNC(=O)c1nn(-c2ccc(F)cc2F)c2c1oc1cc(Cl)ccc12. The van der Waals surface area contributed by atoms with Crippen molar-refractivity contribution < 1.29 is 18.0 Å². The van der Waals surface area contributed by atoms with Crippen molar-refractivity contribution in [3.8, 4) is 5.69 Å². The third-order valence-corrected chi connectivity index (χ3v) is 6.67. The van der Waals surface area contributed by atoms with E-state index >= 15 is 0 Å². The summed E-state index contributed by atoms with van der Waals surface area (Å²) in [7, 11) is 0. The molecule has 2 heterocycles. The number of aromatic nitrogens is 2. The average molecular weight is 488 g/mol. The van der Waals surface area contributed by atoms with Gasteiger partial charge in [-0.25, -0.2) is 13.5 Å². The van der Waals surface area contributed by atoms with Crippen LogP contribution >= 0.6 is 11.6 Å². The number of rotatable bonds is 9. The number of hydrogen-bond donors (Lipinski definition) is 1. The lowest BCUT2D eigenvalue weighted by molar-refractivity contribution is 0.0942. The molecule has 2 aromatic heterocycles. The van der Waals surface area contributed by atoms with Crippen LogP contribution in [0.1, 0.15) is 56.9 Å². The van der Waals surface area contributed by atoms with E-state index in [0.717, 1.165) is 37.8 Å². The first-order chi connectivity index (χ1) is 16.3. The van der Waals surface area contributed by atoms with Crippen molar-refractivity contribution in [2.24, 2.45) is 11.8 Å². The monoisotopic (exact) mass is 487 g/mol. The lowest BCUT2D eigenvalue weighted by Gasteiger charge is -2.16. The second-order valence-corrected chi connectivity index (χ2v) is 9.29. The summed E-state index contributed by atoms with van der Waals surface area (Å²) in [4.78, 5) is 13.1. The molecule has 4 rings (SSSR count). The van der Waals surface area contributed by atoms with E-state index in [1.165, 1.54) is 10.7 Å². The van der Waals surface area contributed by atoms with Gasteiger partial charge in [-0.15, -0.1) is 0 Å². The molecule has 1 unspecified atom stereocenters. The number of carbonyl (C=O) groups excluding carboxylic acids is 1. The minimum atomic E-state index is -0.797. The van der Waals surface area contributed by atoms with Gasteiger partial charge in [0.1, 0.15) is 22.6 Å². The van der Waals surface area contributed by atoms with Crippen molar-refractivity contribution in [2.45, 2.75) is 46.5 Å². The van der Waals surface area contributed by atoms with Crippen molar-refractivity contribution in [1.29, 1.82) is 0 Å². The summed E-state index contributed by atoms with van der Waals surface area (Å²) in [6.07, 6.45) is 4.44. The first kappa shape index (κ1) is 24.2. The topological polar surface area (TPSA) is 60.1 Å². The summed E-state index contributed by atoms with van der Waals surface area (Å²) in [6, 6.07) is 8.25. The van der Waals surface area contributed by atoms with Crippen molar-refractivity contribution in [3.63, 3.8) is 0 Å². The van der Waals surface area contributed by atoms with E-state index in [-0.39, 0.29) is 17.0 Å². The molecule has 0 bridgehead atoms. The van der Waals surface area contributed by atoms with Gasteiger partial charge >= 0.3 is 0 Å². The van der Waals surface area contributed by atoms with Crippen molar-refractivity contribution in [3.05, 3.63) is 58.7 Å². The summed E-state index contributed by atoms with van der Waals surface area (Å²) in [5.41, 5.74) is 1.15. The lowest BCUT2D eigenvalue weighted by atomic mass is 9.93. The van der Waals surface area contributed by atoms with Crippen LogP contribution in [0.3, 0.4) is 0 Å². The van der Waals surface area contributed by atoms with Gasteiger partial charge < -0.3 is 9.73 Å². The normalized spacial score (nSPS) is 12.7. The molecule has 0 saturated heterocycles. The zero-order chi connectivity index (χ0) is 24.4. The second-order valence-electron chi connectivity index (χ2n) is 8.85. The quantitative estimate of drug-likeness (QED) is 0.270. The molecule has 1 N–H and O–H groups in total. The van der Waals surface area contributed by atoms with Crippen LogP contribution in [0.25, 0.3) is 27.8 Å². The molecule has 0 aliphatic heterocycles. The minimum Gasteiger partial charge on any atom is -0.452 e. The Bertz CT molecular complexity index is 1330. The standard InChI is InChI=1S/C26H28ClF2N3O2/c1-4-16(5-2)7-6-15(3)14-30-26(33)23-25-24(19-10-8-17(27)12-22(19)34-25)32(31-23)21-11-9-18(28)13-20(21)29/h8-13,15-16H,4-7,14H2,1-3H3,(H,30,33). The number of carbonyl (C=O) groups is 1. The van der Waals surface area contributed by atoms with Crippen molar-refractivity contribution in [2.75, 3.05) is 6.54 Å². The molecule has 4 aromatic rings. The predicted octanol–water partition coefficient (Wildman–Crippen LogP) is 7.29. The highest BCUT2D eigenvalue weighted by Crippen LogP contribution is 2.34. The maximum absolute atomic E-state index is 14.7. The van der Waals surface area contributed by atoms with Crippen LogP contribution in [0, 0.1) is 23.5 Å². The number of furan rings is 1. The van der Waals surface area contributed by atoms with Gasteiger partial charge in [-0.05, 0) is 42.5 Å². The maximum Gasteiger partial charge on any atom is 0.275 e. The van der Waals surface area contributed by atoms with Gasteiger partial charge in [0.25, 0.3) is 5.91 Å². The van der Waals surface area contributed by atoms with Gasteiger partial charge in [-0.3, -0.25) is 4.79 Å². The number of halogens is 3. The Hall–Kier alpha value is -2.93. The van der Waals surface area contributed by atoms with Gasteiger partial charge in [0, 0.05) is 29.1 Å². The highest BCUT2D eigenvalue weighted by atomic mass is 35.5. The Labute approximate surface area is 202 Å². The van der Waals surface area contributed by atoms with Crippen LogP contribution in [0.2, 0.25) is 5.02 Å². The summed E-state index contributed by atoms with van der Waals surface area (Å²) in [6.45, 7) is 7.00. The Morgan fingerprint density at radius 1 is 1.15 bits per heavy atom. The molecule has 8 heteroatoms. The lowest BCUT2D eigenvalue weighted by Crippen LogP contribution is -2.29. The molecule has 2 aromatic carbocycles. The zero-order valence-electron chi connectivity index (χ0n) is 19.5. The van der Waals surface area contributed by atoms with Crippen LogP contribution in [0.15, 0.2) is 40.8 Å². The molecule has 34 heavy (non-hydrogen) atoms. The van der Waals surface area contributed by atoms with E-state index in [1.54, 1.807) is 18.2 Å².